The lowest BCUT2D eigenvalue weighted by Gasteiger charge is -2.32. The van der Waals surface area contributed by atoms with Crippen LogP contribution in [0, 0.1) is 11.8 Å². The van der Waals surface area contributed by atoms with E-state index in [-0.39, 0.29) is 24.0 Å². The number of nitrogens with zero attached hydrogens (tertiary/aromatic N) is 5. The van der Waals surface area contributed by atoms with E-state index in [1.54, 1.807) is 50.3 Å². The van der Waals surface area contributed by atoms with Gasteiger partial charge in [-0.05, 0) is 27.0 Å². The molecule has 0 radical (unpaired) electrons. The van der Waals surface area contributed by atoms with Crippen molar-refractivity contribution in [2.24, 2.45) is 5.73 Å². The highest BCUT2D eigenvalue weighted by Crippen LogP contribution is 2.20. The van der Waals surface area contributed by atoms with Crippen LogP contribution in [0.1, 0.15) is 35.5 Å². The first-order chi connectivity index (χ1) is 18.5. The number of piperazine rings is 1. The zero-order chi connectivity index (χ0) is 28.6. The minimum absolute atomic E-state index is 0.00603. The molecule has 1 fully saturated rings. The average Bonchev–Trinajstić information content (AvgIpc) is 2.89. The summed E-state index contributed by atoms with van der Waals surface area (Å²) >= 11 is 0. The summed E-state index contributed by atoms with van der Waals surface area (Å²) in [4.78, 5) is 50.7. The van der Waals surface area contributed by atoms with Crippen LogP contribution in [0.15, 0.2) is 24.4 Å². The first-order valence-electron chi connectivity index (χ1n) is 12.5. The van der Waals surface area contributed by atoms with Crippen molar-refractivity contribution in [3.05, 3.63) is 41.2 Å². The van der Waals surface area contributed by atoms with Gasteiger partial charge in [-0.3, -0.25) is 24.7 Å². The highest BCUT2D eigenvalue weighted by molar-refractivity contribution is 6.00. The number of carbonyl (C=O) groups is 3. The third-order valence-corrected chi connectivity index (χ3v) is 5.91. The molecule has 0 spiro atoms. The lowest BCUT2D eigenvalue weighted by Crippen LogP contribution is -2.48. The third-order valence-electron chi connectivity index (χ3n) is 5.91. The van der Waals surface area contributed by atoms with Crippen LogP contribution in [0.4, 0.5) is 22.1 Å². The number of hydrogen-bond donors (Lipinski definition) is 3. The van der Waals surface area contributed by atoms with Crippen LogP contribution in [0.3, 0.4) is 0 Å². The molecule has 0 bridgehead atoms. The molecule has 0 aliphatic carbocycles. The fraction of sp³-hybridized carbons (Fsp3) is 0.444. The summed E-state index contributed by atoms with van der Waals surface area (Å²) in [5.74, 6) is 6.56. The van der Waals surface area contributed by atoms with Crippen LogP contribution < -0.4 is 21.3 Å². The van der Waals surface area contributed by atoms with Gasteiger partial charge in [0.2, 0.25) is 5.91 Å². The molecule has 208 valence electrons. The number of rotatable bonds is 9. The van der Waals surface area contributed by atoms with E-state index in [0.717, 1.165) is 6.54 Å². The minimum atomic E-state index is -0.678. The van der Waals surface area contributed by atoms with E-state index in [9.17, 15) is 14.4 Å². The maximum Gasteiger partial charge on any atom is 0.328 e. The van der Waals surface area contributed by atoms with Crippen molar-refractivity contribution in [3.8, 4) is 11.8 Å². The van der Waals surface area contributed by atoms with Gasteiger partial charge in [0.25, 0.3) is 0 Å². The third kappa shape index (κ3) is 8.47. The van der Waals surface area contributed by atoms with E-state index in [1.165, 1.54) is 11.9 Å². The molecule has 3 rings (SSSR count). The standard InChI is InChI=1S/C27H36N8O4/c1-27(2,28)9-8-19-15-30-23(14-21(19)29-10-13-39-5)32-26(38)34(4)24-7-6-20(22(18-36)31-24)16-35-12-11-33(3)17-25(35)37/h6-7,14-15,18H,10-13,16-17,28H2,1-5H3,(H2,29,30,32,38). The molecular formula is C27H36N8O4. The Labute approximate surface area is 228 Å². The van der Waals surface area contributed by atoms with E-state index in [1.807, 2.05) is 11.9 Å². The number of amides is 3. The molecule has 12 heteroatoms. The van der Waals surface area contributed by atoms with Gasteiger partial charge in [-0.15, -0.1) is 0 Å². The number of aldehydes is 1. The molecule has 1 aliphatic heterocycles. The number of anilines is 3. The molecule has 1 saturated heterocycles. The Bertz CT molecular complexity index is 1260. The summed E-state index contributed by atoms with van der Waals surface area (Å²) in [5, 5.41) is 5.97. The number of urea groups is 1. The summed E-state index contributed by atoms with van der Waals surface area (Å²) < 4.78 is 5.11. The molecule has 1 aliphatic rings. The van der Waals surface area contributed by atoms with Crippen LogP contribution in [0.5, 0.6) is 0 Å². The van der Waals surface area contributed by atoms with E-state index in [4.69, 9.17) is 10.5 Å². The van der Waals surface area contributed by atoms with Gasteiger partial charge in [0.15, 0.2) is 6.29 Å². The zero-order valence-electron chi connectivity index (χ0n) is 23.1. The first-order valence-corrected chi connectivity index (χ1v) is 12.5. The summed E-state index contributed by atoms with van der Waals surface area (Å²) in [6.45, 7) is 6.56. The lowest BCUT2D eigenvalue weighted by atomic mass is 10.1. The van der Waals surface area contributed by atoms with Gasteiger partial charge >= 0.3 is 6.03 Å². The largest absolute Gasteiger partial charge is 0.383 e. The smallest absolute Gasteiger partial charge is 0.328 e. The highest BCUT2D eigenvalue weighted by atomic mass is 16.5. The average molecular weight is 537 g/mol. The van der Waals surface area contributed by atoms with E-state index in [0.29, 0.717) is 55.2 Å². The predicted octanol–water partition coefficient (Wildman–Crippen LogP) is 1.38. The lowest BCUT2D eigenvalue weighted by molar-refractivity contribution is -0.136. The van der Waals surface area contributed by atoms with Gasteiger partial charge in [-0.25, -0.2) is 14.8 Å². The normalized spacial score (nSPS) is 13.9. The second-order valence-corrected chi connectivity index (χ2v) is 9.88. The van der Waals surface area contributed by atoms with Crippen molar-refractivity contribution in [3.63, 3.8) is 0 Å². The van der Waals surface area contributed by atoms with Crippen molar-refractivity contribution >= 4 is 35.5 Å². The Kier molecular flexibility index (Phi) is 9.95. The molecule has 0 unspecified atom stereocenters. The van der Waals surface area contributed by atoms with E-state index >= 15 is 0 Å². The van der Waals surface area contributed by atoms with Crippen molar-refractivity contribution in [1.29, 1.82) is 0 Å². The highest BCUT2D eigenvalue weighted by Gasteiger charge is 2.23. The monoisotopic (exact) mass is 536 g/mol. The molecule has 3 amide bonds. The molecule has 2 aromatic heterocycles. The number of nitrogens with two attached hydrogens (primary N) is 1. The maximum atomic E-state index is 13.0. The first kappa shape index (κ1) is 29.5. The number of methoxy groups -OCH3 is 1. The number of carbonyl (C=O) groups excluding carboxylic acids is 3. The molecule has 12 nitrogen and oxygen atoms in total. The zero-order valence-corrected chi connectivity index (χ0v) is 23.1. The molecule has 2 aromatic rings. The van der Waals surface area contributed by atoms with Gasteiger partial charge in [0.1, 0.15) is 17.3 Å². The van der Waals surface area contributed by atoms with Crippen LogP contribution in [-0.2, 0) is 16.1 Å². The van der Waals surface area contributed by atoms with Gasteiger partial charge in [-0.2, -0.15) is 0 Å². The van der Waals surface area contributed by atoms with E-state index in [2.05, 4.69) is 32.4 Å². The Hall–Kier alpha value is -4.05. The molecular weight excluding hydrogens is 500 g/mol. The Morgan fingerprint density at radius 1 is 1.33 bits per heavy atom. The van der Waals surface area contributed by atoms with Gasteiger partial charge in [-0.1, -0.05) is 17.9 Å². The molecule has 0 aromatic carbocycles. The number of likely N-dealkylation sites (N-methyl/N-ethyl adjacent to an activating group) is 1. The van der Waals surface area contributed by atoms with Crippen molar-refractivity contribution in [1.82, 2.24) is 19.8 Å². The Morgan fingerprint density at radius 3 is 2.77 bits per heavy atom. The van der Waals surface area contributed by atoms with Gasteiger partial charge < -0.3 is 20.7 Å². The molecule has 39 heavy (non-hydrogen) atoms. The summed E-state index contributed by atoms with van der Waals surface area (Å²) in [6.07, 6.45) is 2.19. The maximum absolute atomic E-state index is 13.0. The SMILES string of the molecule is COCCNc1cc(NC(=O)N(C)c2ccc(CN3CCN(C)CC3=O)c(C=O)n2)ncc1C#CC(C)(C)N. The van der Waals surface area contributed by atoms with Crippen LogP contribution in [0.2, 0.25) is 0 Å². The molecule has 0 saturated carbocycles. The van der Waals surface area contributed by atoms with Crippen LogP contribution in [-0.4, -0.2) is 97.5 Å². The quantitative estimate of drug-likeness (QED) is 0.246. The number of pyridine rings is 2. The second kappa shape index (κ2) is 13.1. The summed E-state index contributed by atoms with van der Waals surface area (Å²) in [7, 11) is 5.04. The van der Waals surface area contributed by atoms with Crippen molar-refractivity contribution < 1.29 is 19.1 Å². The number of nitrogens with one attached hydrogen (secondary N) is 2. The Balaban J connectivity index is 1.75. The minimum Gasteiger partial charge on any atom is -0.383 e. The predicted molar refractivity (Wildman–Crippen MR) is 150 cm³/mol. The fourth-order valence-electron chi connectivity index (χ4n) is 3.70. The second-order valence-electron chi connectivity index (χ2n) is 9.88. The fourth-order valence-corrected chi connectivity index (χ4v) is 3.70. The van der Waals surface area contributed by atoms with Crippen LogP contribution >= 0.6 is 0 Å². The van der Waals surface area contributed by atoms with Crippen molar-refractivity contribution in [2.45, 2.75) is 25.9 Å². The summed E-state index contributed by atoms with van der Waals surface area (Å²) in [5.41, 5.74) is 7.39. The molecule has 0 atom stereocenters. The van der Waals surface area contributed by atoms with E-state index < -0.39 is 11.6 Å². The van der Waals surface area contributed by atoms with Crippen molar-refractivity contribution in [2.75, 3.05) is 69.5 Å². The topological polar surface area (TPSA) is 146 Å². The Morgan fingerprint density at radius 2 is 2.10 bits per heavy atom. The molecule has 3 heterocycles. The number of hydrogen-bond acceptors (Lipinski definition) is 9. The van der Waals surface area contributed by atoms with Gasteiger partial charge in [0.05, 0.1) is 29.9 Å². The van der Waals surface area contributed by atoms with Crippen LogP contribution in [0.25, 0.3) is 0 Å². The summed E-state index contributed by atoms with van der Waals surface area (Å²) in [6, 6.07) is 4.53. The number of aromatic nitrogens is 2. The van der Waals surface area contributed by atoms with Gasteiger partial charge in [0, 0.05) is 58.2 Å². The number of ether oxygens (including phenoxy) is 1. The molecule has 4 N–H and O–H groups in total.